The Balaban J connectivity index is 1.81. The van der Waals surface area contributed by atoms with Crippen molar-refractivity contribution >= 4 is 11.9 Å². The van der Waals surface area contributed by atoms with Crippen LogP contribution in [0.3, 0.4) is 0 Å². The van der Waals surface area contributed by atoms with Gasteiger partial charge in [-0.05, 0) is 6.42 Å². The molecule has 0 bridgehead atoms. The molecule has 2 aromatic rings. The predicted molar refractivity (Wildman–Crippen MR) is 85.1 cm³/mol. The van der Waals surface area contributed by atoms with Gasteiger partial charge < -0.3 is 14.8 Å². The molecule has 1 aromatic heterocycles. The van der Waals surface area contributed by atoms with Crippen molar-refractivity contribution in [2.75, 3.05) is 0 Å². The van der Waals surface area contributed by atoms with Gasteiger partial charge in [-0.15, -0.1) is 0 Å². The number of nitrogens with one attached hydrogen (secondary N) is 1. The summed E-state index contributed by atoms with van der Waals surface area (Å²) < 4.78 is 42.4. The average molecular weight is 370 g/mol. The lowest BCUT2D eigenvalue weighted by Gasteiger charge is -2.16. The normalized spacial score (nSPS) is 12.6. The van der Waals surface area contributed by atoms with E-state index in [0.717, 1.165) is 5.56 Å². The maximum absolute atomic E-state index is 12.3. The van der Waals surface area contributed by atoms with Crippen molar-refractivity contribution in [3.05, 3.63) is 42.4 Å². The number of hydrogen-bond acceptors (Lipinski definition) is 4. The highest BCUT2D eigenvalue weighted by Crippen LogP contribution is 2.22. The van der Waals surface area contributed by atoms with E-state index in [1.165, 1.54) is 0 Å². The molecular weight excluding hydrogens is 353 g/mol. The van der Waals surface area contributed by atoms with Crippen molar-refractivity contribution in [3.8, 4) is 11.3 Å². The number of carbonyl (C=O) groups is 2. The Morgan fingerprint density at radius 3 is 2.54 bits per heavy atom. The van der Waals surface area contributed by atoms with Gasteiger partial charge in [-0.1, -0.05) is 30.3 Å². The van der Waals surface area contributed by atoms with E-state index in [-0.39, 0.29) is 12.8 Å². The third-order valence-corrected chi connectivity index (χ3v) is 3.48. The monoisotopic (exact) mass is 370 g/mol. The number of carboxylic acid groups (broad SMARTS) is 1. The summed E-state index contributed by atoms with van der Waals surface area (Å²) in [6.07, 6.45) is -4.31. The molecule has 6 nitrogen and oxygen atoms in total. The first-order valence-corrected chi connectivity index (χ1v) is 7.83. The first-order chi connectivity index (χ1) is 12.2. The number of oxazole rings is 1. The standard InChI is InChI=1S/C17H17F3N2O4/c18-17(19,20)9-12(16(24)25)22-14(23)7-4-8-15-21-10-13(26-15)11-5-2-1-3-6-11/h1-3,5-6,10,12H,4,7-9H2,(H,22,23)(H,24,25). The van der Waals surface area contributed by atoms with Gasteiger partial charge in [0.15, 0.2) is 11.7 Å². The fourth-order valence-electron chi connectivity index (χ4n) is 2.26. The molecule has 0 aliphatic carbocycles. The number of alkyl halides is 3. The van der Waals surface area contributed by atoms with Crippen molar-refractivity contribution in [2.45, 2.75) is 37.9 Å². The highest BCUT2D eigenvalue weighted by molar-refractivity contribution is 5.83. The minimum Gasteiger partial charge on any atom is -0.480 e. The van der Waals surface area contributed by atoms with Crippen LogP contribution in [0.5, 0.6) is 0 Å². The Labute approximate surface area is 147 Å². The van der Waals surface area contributed by atoms with Crippen LogP contribution >= 0.6 is 0 Å². The van der Waals surface area contributed by atoms with Crippen LogP contribution in [0.25, 0.3) is 11.3 Å². The van der Waals surface area contributed by atoms with E-state index in [0.29, 0.717) is 18.1 Å². The quantitative estimate of drug-likeness (QED) is 0.745. The van der Waals surface area contributed by atoms with E-state index in [1.807, 2.05) is 35.6 Å². The molecule has 0 saturated heterocycles. The van der Waals surface area contributed by atoms with Crippen LogP contribution in [0.15, 0.2) is 40.9 Å². The maximum atomic E-state index is 12.3. The van der Waals surface area contributed by atoms with Crippen molar-refractivity contribution in [3.63, 3.8) is 0 Å². The Morgan fingerprint density at radius 1 is 1.23 bits per heavy atom. The fraction of sp³-hybridized carbons (Fsp3) is 0.353. The Kier molecular flexibility index (Phi) is 6.37. The van der Waals surface area contributed by atoms with E-state index >= 15 is 0 Å². The molecule has 0 aliphatic rings. The highest BCUT2D eigenvalue weighted by atomic mass is 19.4. The van der Waals surface area contributed by atoms with Crippen LogP contribution in [-0.4, -0.2) is 34.2 Å². The number of aromatic nitrogens is 1. The zero-order valence-corrected chi connectivity index (χ0v) is 13.6. The summed E-state index contributed by atoms with van der Waals surface area (Å²) in [7, 11) is 0. The number of hydrogen-bond donors (Lipinski definition) is 2. The molecular formula is C17H17F3N2O4. The van der Waals surface area contributed by atoms with Crippen molar-refractivity contribution in [1.29, 1.82) is 0 Å². The number of carboxylic acids is 1. The lowest BCUT2D eigenvalue weighted by atomic mass is 10.1. The van der Waals surface area contributed by atoms with Crippen LogP contribution in [0.2, 0.25) is 0 Å². The van der Waals surface area contributed by atoms with Gasteiger partial charge in [0, 0.05) is 18.4 Å². The summed E-state index contributed by atoms with van der Waals surface area (Å²) in [5, 5.41) is 10.6. The molecule has 0 fully saturated rings. The maximum Gasteiger partial charge on any atom is 0.391 e. The molecule has 0 spiro atoms. The van der Waals surface area contributed by atoms with E-state index in [2.05, 4.69) is 4.98 Å². The first-order valence-electron chi connectivity index (χ1n) is 7.83. The summed E-state index contributed by atoms with van der Waals surface area (Å²) in [5.41, 5.74) is 0.848. The molecule has 2 rings (SSSR count). The lowest BCUT2D eigenvalue weighted by molar-refractivity contribution is -0.160. The van der Waals surface area contributed by atoms with Crippen LogP contribution in [0.4, 0.5) is 13.2 Å². The zero-order valence-electron chi connectivity index (χ0n) is 13.6. The molecule has 1 atom stereocenters. The Bertz CT molecular complexity index is 744. The SMILES string of the molecule is O=C(CCCc1ncc(-c2ccccc2)o1)NC(CC(F)(F)F)C(=O)O. The number of aryl methyl sites for hydroxylation is 1. The number of benzene rings is 1. The van der Waals surface area contributed by atoms with Gasteiger partial charge in [-0.3, -0.25) is 4.79 Å². The largest absolute Gasteiger partial charge is 0.480 e. The van der Waals surface area contributed by atoms with Crippen molar-refractivity contribution in [2.24, 2.45) is 0 Å². The highest BCUT2D eigenvalue weighted by Gasteiger charge is 2.36. The molecule has 1 heterocycles. The zero-order chi connectivity index (χ0) is 19.2. The van der Waals surface area contributed by atoms with Gasteiger partial charge in [-0.25, -0.2) is 9.78 Å². The molecule has 0 radical (unpaired) electrons. The second-order valence-electron chi connectivity index (χ2n) is 5.62. The Morgan fingerprint density at radius 2 is 1.92 bits per heavy atom. The number of nitrogens with zero attached hydrogens (tertiary/aromatic N) is 1. The molecule has 1 unspecified atom stereocenters. The lowest BCUT2D eigenvalue weighted by Crippen LogP contribution is -2.43. The molecule has 1 amide bonds. The predicted octanol–water partition coefficient (Wildman–Crippen LogP) is 3.19. The van der Waals surface area contributed by atoms with Crippen molar-refractivity contribution < 1.29 is 32.3 Å². The molecule has 1 aromatic carbocycles. The van der Waals surface area contributed by atoms with Crippen LogP contribution in [0.1, 0.15) is 25.2 Å². The summed E-state index contributed by atoms with van der Waals surface area (Å²) in [4.78, 5) is 26.6. The second-order valence-corrected chi connectivity index (χ2v) is 5.62. The molecule has 140 valence electrons. The van der Waals surface area contributed by atoms with Gasteiger partial charge in [0.05, 0.1) is 12.6 Å². The Hall–Kier alpha value is -2.84. The topological polar surface area (TPSA) is 92.4 Å². The fourth-order valence-corrected chi connectivity index (χ4v) is 2.26. The van der Waals surface area contributed by atoms with Gasteiger partial charge in [0.2, 0.25) is 5.91 Å². The van der Waals surface area contributed by atoms with Crippen LogP contribution in [0, 0.1) is 0 Å². The summed E-state index contributed by atoms with van der Waals surface area (Å²) >= 11 is 0. The number of rotatable bonds is 8. The van der Waals surface area contributed by atoms with E-state index in [9.17, 15) is 22.8 Å². The second kappa shape index (κ2) is 8.50. The van der Waals surface area contributed by atoms with E-state index in [1.54, 1.807) is 6.20 Å². The summed E-state index contributed by atoms with van der Waals surface area (Å²) in [6, 6.07) is 7.27. The molecule has 0 saturated carbocycles. The van der Waals surface area contributed by atoms with Crippen LogP contribution in [-0.2, 0) is 16.0 Å². The minimum absolute atomic E-state index is 0.134. The van der Waals surface area contributed by atoms with Crippen LogP contribution < -0.4 is 5.32 Å². The minimum atomic E-state index is -4.68. The molecule has 2 N–H and O–H groups in total. The molecule has 9 heteroatoms. The number of amides is 1. The molecule has 0 aliphatic heterocycles. The number of aliphatic carboxylic acids is 1. The summed E-state index contributed by atoms with van der Waals surface area (Å²) in [6.45, 7) is 0. The van der Waals surface area contributed by atoms with Gasteiger partial charge in [0.25, 0.3) is 0 Å². The van der Waals surface area contributed by atoms with Gasteiger partial charge >= 0.3 is 12.1 Å². The van der Waals surface area contributed by atoms with Gasteiger partial charge in [0.1, 0.15) is 6.04 Å². The third-order valence-electron chi connectivity index (χ3n) is 3.48. The average Bonchev–Trinajstić information content (AvgIpc) is 3.02. The van der Waals surface area contributed by atoms with E-state index in [4.69, 9.17) is 9.52 Å². The van der Waals surface area contributed by atoms with Crippen molar-refractivity contribution in [1.82, 2.24) is 10.3 Å². The number of carbonyl (C=O) groups excluding carboxylic acids is 1. The van der Waals surface area contributed by atoms with Gasteiger partial charge in [-0.2, -0.15) is 13.2 Å². The third kappa shape index (κ3) is 6.23. The van der Waals surface area contributed by atoms with E-state index < -0.39 is 30.5 Å². The smallest absolute Gasteiger partial charge is 0.391 e. The first kappa shape index (κ1) is 19.5. The number of halogens is 3. The molecule has 26 heavy (non-hydrogen) atoms. The summed E-state index contributed by atoms with van der Waals surface area (Å²) in [5.74, 6) is -1.53.